The van der Waals surface area contributed by atoms with Crippen molar-refractivity contribution in [1.29, 1.82) is 0 Å². The predicted molar refractivity (Wildman–Crippen MR) is 80.5 cm³/mol. The molecule has 4 N–H and O–H groups in total. The molecule has 0 saturated heterocycles. The fourth-order valence-electron chi connectivity index (χ4n) is 1.81. The zero-order valence-electron chi connectivity index (χ0n) is 11.4. The number of carbonyl (C=O) groups excluding carboxylic acids is 1. The molecule has 0 aromatic heterocycles. The van der Waals surface area contributed by atoms with Crippen LogP contribution in [0, 0.1) is 0 Å². The fourth-order valence-corrected chi connectivity index (χ4v) is 1.81. The Balaban J connectivity index is 0.00000324. The average Bonchev–Trinajstić information content (AvgIpc) is 2.35. The number of halogens is 1. The van der Waals surface area contributed by atoms with Crippen molar-refractivity contribution < 1.29 is 9.90 Å². The number of carbonyl (C=O) groups is 1. The van der Waals surface area contributed by atoms with Gasteiger partial charge in [0.15, 0.2) is 0 Å². The van der Waals surface area contributed by atoms with Gasteiger partial charge >= 0.3 is 0 Å². The van der Waals surface area contributed by atoms with E-state index < -0.39 is 6.10 Å². The molecule has 1 rings (SSSR count). The molecule has 0 saturated carbocycles. The maximum absolute atomic E-state index is 10.9. The largest absolute Gasteiger partial charge is 0.391 e. The summed E-state index contributed by atoms with van der Waals surface area (Å²) in [7, 11) is 0. The second-order valence-corrected chi connectivity index (χ2v) is 4.54. The molecule has 0 unspecified atom stereocenters. The first kappa shape index (κ1) is 17.9. The van der Waals surface area contributed by atoms with Crippen molar-refractivity contribution in [2.45, 2.75) is 45.3 Å². The SMILES string of the molecule is CCCC[C@H](O)[C@H](N)c1ccc(NC(C)=O)cc1.Cl. The third-order valence-electron chi connectivity index (χ3n) is 2.88. The number of nitrogens with one attached hydrogen (secondary N) is 1. The van der Waals surface area contributed by atoms with Gasteiger partial charge in [-0.15, -0.1) is 12.4 Å². The molecule has 1 aromatic rings. The fraction of sp³-hybridized carbons (Fsp3) is 0.500. The third-order valence-corrected chi connectivity index (χ3v) is 2.88. The highest BCUT2D eigenvalue weighted by atomic mass is 35.5. The highest BCUT2D eigenvalue weighted by molar-refractivity contribution is 5.88. The smallest absolute Gasteiger partial charge is 0.221 e. The maximum atomic E-state index is 10.9. The summed E-state index contributed by atoms with van der Waals surface area (Å²) in [6.45, 7) is 3.55. The van der Waals surface area contributed by atoms with Crippen molar-refractivity contribution in [1.82, 2.24) is 0 Å². The van der Waals surface area contributed by atoms with Gasteiger partial charge in [0.2, 0.25) is 5.91 Å². The molecule has 2 atom stereocenters. The van der Waals surface area contributed by atoms with E-state index in [0.717, 1.165) is 24.1 Å². The molecule has 0 bridgehead atoms. The topological polar surface area (TPSA) is 75.3 Å². The van der Waals surface area contributed by atoms with Gasteiger partial charge in [-0.25, -0.2) is 0 Å². The first-order valence-electron chi connectivity index (χ1n) is 6.35. The first-order chi connectivity index (χ1) is 8.54. The Labute approximate surface area is 120 Å². The van der Waals surface area contributed by atoms with Crippen LogP contribution in [-0.2, 0) is 4.79 Å². The van der Waals surface area contributed by atoms with E-state index in [2.05, 4.69) is 12.2 Å². The summed E-state index contributed by atoms with van der Waals surface area (Å²) in [5, 5.41) is 12.6. The Morgan fingerprint density at radius 1 is 1.37 bits per heavy atom. The van der Waals surface area contributed by atoms with Crippen LogP contribution < -0.4 is 11.1 Å². The van der Waals surface area contributed by atoms with Gasteiger partial charge in [-0.3, -0.25) is 4.79 Å². The number of hydrogen-bond acceptors (Lipinski definition) is 3. The quantitative estimate of drug-likeness (QED) is 0.752. The predicted octanol–water partition coefficient (Wildman–Crippen LogP) is 2.62. The van der Waals surface area contributed by atoms with Crippen molar-refractivity contribution in [3.8, 4) is 0 Å². The number of amides is 1. The summed E-state index contributed by atoms with van der Waals surface area (Å²) in [4.78, 5) is 10.9. The van der Waals surface area contributed by atoms with Crippen LogP contribution in [0.1, 0.15) is 44.7 Å². The van der Waals surface area contributed by atoms with Crippen LogP contribution in [0.3, 0.4) is 0 Å². The summed E-state index contributed by atoms with van der Waals surface area (Å²) < 4.78 is 0. The van der Waals surface area contributed by atoms with Crippen molar-refractivity contribution in [2.75, 3.05) is 5.32 Å². The number of nitrogens with two attached hydrogens (primary N) is 1. The lowest BCUT2D eigenvalue weighted by Crippen LogP contribution is -2.26. The van der Waals surface area contributed by atoms with Crippen LogP contribution in [0.5, 0.6) is 0 Å². The molecule has 5 heteroatoms. The summed E-state index contributed by atoms with van der Waals surface area (Å²) in [6, 6.07) is 6.89. The molecule has 1 amide bonds. The minimum Gasteiger partial charge on any atom is -0.391 e. The van der Waals surface area contributed by atoms with Crippen molar-refractivity contribution in [2.24, 2.45) is 5.73 Å². The molecule has 4 nitrogen and oxygen atoms in total. The maximum Gasteiger partial charge on any atom is 0.221 e. The lowest BCUT2D eigenvalue weighted by atomic mass is 9.98. The second-order valence-electron chi connectivity index (χ2n) is 4.54. The highest BCUT2D eigenvalue weighted by Gasteiger charge is 2.15. The second kappa shape index (κ2) is 8.91. The van der Waals surface area contributed by atoms with Crippen LogP contribution in [0.2, 0.25) is 0 Å². The normalized spacial score (nSPS) is 13.3. The number of unbranched alkanes of at least 4 members (excludes halogenated alkanes) is 1. The molecular weight excluding hydrogens is 264 g/mol. The average molecular weight is 287 g/mol. The van der Waals surface area contributed by atoms with Gasteiger partial charge in [0.25, 0.3) is 0 Å². The van der Waals surface area contributed by atoms with Crippen LogP contribution >= 0.6 is 12.4 Å². The van der Waals surface area contributed by atoms with Gasteiger partial charge in [-0.1, -0.05) is 31.9 Å². The number of aliphatic hydroxyl groups excluding tert-OH is 1. The monoisotopic (exact) mass is 286 g/mol. The highest BCUT2D eigenvalue weighted by Crippen LogP contribution is 2.20. The number of anilines is 1. The van der Waals surface area contributed by atoms with E-state index in [1.165, 1.54) is 6.92 Å². The summed E-state index contributed by atoms with van der Waals surface area (Å²) in [6.07, 6.45) is 2.21. The van der Waals surface area contributed by atoms with Gasteiger partial charge in [-0.2, -0.15) is 0 Å². The van der Waals surface area contributed by atoms with Crippen LogP contribution in [0.15, 0.2) is 24.3 Å². The van der Waals surface area contributed by atoms with E-state index in [4.69, 9.17) is 5.73 Å². The lowest BCUT2D eigenvalue weighted by molar-refractivity contribution is -0.114. The molecule has 0 aliphatic rings. The molecule has 0 aliphatic heterocycles. The molecule has 0 fully saturated rings. The van der Waals surface area contributed by atoms with Crippen LogP contribution in [-0.4, -0.2) is 17.1 Å². The number of hydrogen-bond donors (Lipinski definition) is 3. The molecule has 0 aliphatic carbocycles. The van der Waals surface area contributed by atoms with E-state index in [-0.39, 0.29) is 24.4 Å². The molecule has 19 heavy (non-hydrogen) atoms. The lowest BCUT2D eigenvalue weighted by Gasteiger charge is -2.19. The Hall–Kier alpha value is -1.10. The summed E-state index contributed by atoms with van der Waals surface area (Å²) >= 11 is 0. The molecule has 0 heterocycles. The Morgan fingerprint density at radius 2 is 1.95 bits per heavy atom. The molecule has 0 radical (unpaired) electrons. The van der Waals surface area contributed by atoms with Crippen LogP contribution in [0.4, 0.5) is 5.69 Å². The van der Waals surface area contributed by atoms with E-state index >= 15 is 0 Å². The van der Waals surface area contributed by atoms with Gasteiger partial charge in [0.1, 0.15) is 0 Å². The number of benzene rings is 1. The Bertz CT molecular complexity index is 382. The Morgan fingerprint density at radius 3 is 2.42 bits per heavy atom. The molecular formula is C14H23ClN2O2. The molecule has 0 spiro atoms. The van der Waals surface area contributed by atoms with Crippen molar-refractivity contribution in [3.63, 3.8) is 0 Å². The summed E-state index contributed by atoms with van der Waals surface area (Å²) in [5.74, 6) is -0.102. The van der Waals surface area contributed by atoms with E-state index in [1.807, 2.05) is 12.1 Å². The number of aliphatic hydroxyl groups is 1. The van der Waals surface area contributed by atoms with E-state index in [1.54, 1.807) is 12.1 Å². The third kappa shape index (κ3) is 6.05. The van der Waals surface area contributed by atoms with Crippen molar-refractivity contribution in [3.05, 3.63) is 29.8 Å². The van der Waals surface area contributed by atoms with Gasteiger partial charge in [-0.05, 0) is 24.1 Å². The number of rotatable bonds is 6. The van der Waals surface area contributed by atoms with Gasteiger partial charge < -0.3 is 16.2 Å². The molecule has 108 valence electrons. The first-order valence-corrected chi connectivity index (χ1v) is 6.35. The Kier molecular flexibility index (Phi) is 8.39. The zero-order chi connectivity index (χ0) is 13.5. The van der Waals surface area contributed by atoms with Crippen molar-refractivity contribution >= 4 is 24.0 Å². The minimum absolute atomic E-state index is 0. The van der Waals surface area contributed by atoms with E-state index in [9.17, 15) is 9.90 Å². The zero-order valence-corrected chi connectivity index (χ0v) is 12.2. The van der Waals surface area contributed by atoms with Gasteiger partial charge in [0, 0.05) is 12.6 Å². The standard InChI is InChI=1S/C14H22N2O2.ClH/c1-3-4-5-13(18)14(15)11-6-8-12(9-7-11)16-10(2)17;/h6-9,13-14,18H,3-5,15H2,1-2H3,(H,16,17);1H/t13-,14+;/m0./s1. The summed E-state index contributed by atoms with van der Waals surface area (Å²) in [5.41, 5.74) is 7.61. The van der Waals surface area contributed by atoms with Gasteiger partial charge in [0.05, 0.1) is 12.1 Å². The van der Waals surface area contributed by atoms with Crippen LogP contribution in [0.25, 0.3) is 0 Å². The van der Waals surface area contributed by atoms with E-state index in [0.29, 0.717) is 6.42 Å². The molecule has 1 aromatic carbocycles. The minimum atomic E-state index is -0.517.